The van der Waals surface area contributed by atoms with Gasteiger partial charge in [0, 0.05) is 18.4 Å². The Morgan fingerprint density at radius 3 is 2.54 bits per heavy atom. The number of hydrogen-bond donors (Lipinski definition) is 5. The molecule has 4 saturated carbocycles. The van der Waals surface area contributed by atoms with Crippen molar-refractivity contribution in [3.8, 4) is 0 Å². The second kappa shape index (κ2) is 9.47. The van der Waals surface area contributed by atoms with Crippen molar-refractivity contribution in [2.45, 2.75) is 107 Å². The average molecular weight is 553 g/mol. The maximum atomic E-state index is 12.6. The number of aliphatic hydroxyl groups excluding tert-OH is 5. The van der Waals surface area contributed by atoms with E-state index in [4.69, 9.17) is 18.9 Å². The maximum absolute atomic E-state index is 12.6. The molecular formula is C28H40O11. The van der Waals surface area contributed by atoms with Crippen LogP contribution in [0.3, 0.4) is 0 Å². The number of ether oxygens (including phenoxy) is 4. The molecule has 218 valence electrons. The normalized spacial score (nSPS) is 52.3. The number of aliphatic hydroxyl groups is 5. The van der Waals surface area contributed by atoms with E-state index in [0.717, 1.165) is 31.3 Å². The molecule has 11 nitrogen and oxygen atoms in total. The summed E-state index contributed by atoms with van der Waals surface area (Å²) >= 11 is 0. The molecule has 6 aliphatic rings. The Labute approximate surface area is 227 Å². The van der Waals surface area contributed by atoms with E-state index >= 15 is 0 Å². The summed E-state index contributed by atoms with van der Waals surface area (Å²) < 4.78 is 23.7. The van der Waals surface area contributed by atoms with Gasteiger partial charge in [-0.2, -0.15) is 0 Å². The lowest BCUT2D eigenvalue weighted by atomic mass is 9.44. The van der Waals surface area contributed by atoms with E-state index in [0.29, 0.717) is 19.3 Å². The first-order valence-electron chi connectivity index (χ1n) is 14.2. The molecule has 6 rings (SSSR count). The van der Waals surface area contributed by atoms with Crippen molar-refractivity contribution in [3.05, 3.63) is 11.6 Å². The molecule has 2 aliphatic heterocycles. The first-order chi connectivity index (χ1) is 18.5. The van der Waals surface area contributed by atoms with Crippen LogP contribution < -0.4 is 0 Å². The molecule has 0 aromatic carbocycles. The SMILES string of the molecule is CC(=O)OC1C23CCC4C5=CC(=O)OC5CCC4(C)C2CCC(C3)C1(CO)OC1OC(CO)C(O)C(O)C1O. The lowest BCUT2D eigenvalue weighted by Crippen LogP contribution is -2.64. The van der Waals surface area contributed by atoms with Gasteiger partial charge in [0.1, 0.15) is 42.2 Å². The largest absolute Gasteiger partial charge is 0.459 e. The summed E-state index contributed by atoms with van der Waals surface area (Å²) in [4.78, 5) is 24.7. The molecule has 13 atom stereocenters. The van der Waals surface area contributed by atoms with E-state index in [-0.39, 0.29) is 35.2 Å². The van der Waals surface area contributed by atoms with Gasteiger partial charge in [0.05, 0.1) is 13.2 Å². The number of esters is 2. The molecular weight excluding hydrogens is 512 g/mol. The van der Waals surface area contributed by atoms with Crippen molar-refractivity contribution in [3.63, 3.8) is 0 Å². The molecule has 2 bridgehead atoms. The molecule has 11 heteroatoms. The topological polar surface area (TPSA) is 172 Å². The van der Waals surface area contributed by atoms with Crippen LogP contribution in [0.1, 0.15) is 58.8 Å². The van der Waals surface area contributed by atoms with Gasteiger partial charge < -0.3 is 44.5 Å². The zero-order chi connectivity index (χ0) is 27.9. The Balaban J connectivity index is 1.38. The number of hydrogen-bond acceptors (Lipinski definition) is 11. The van der Waals surface area contributed by atoms with E-state index in [1.807, 2.05) is 0 Å². The maximum Gasteiger partial charge on any atom is 0.331 e. The monoisotopic (exact) mass is 552 g/mol. The molecule has 0 radical (unpaired) electrons. The zero-order valence-electron chi connectivity index (χ0n) is 22.4. The standard InChI is InChI=1S/C28H40O11/c1-13(31)36-25-27-8-5-16-15-9-20(32)37-17(15)6-7-26(16,2)19(27)4-3-14(10-27)28(25,12-30)39-24-23(35)22(34)21(33)18(11-29)38-24/h9,14,16-19,21-25,29-30,33-35H,3-8,10-12H2,1-2H3. The Morgan fingerprint density at radius 1 is 1.08 bits per heavy atom. The highest BCUT2D eigenvalue weighted by atomic mass is 16.7. The van der Waals surface area contributed by atoms with Gasteiger partial charge in [-0.25, -0.2) is 4.79 Å². The van der Waals surface area contributed by atoms with Gasteiger partial charge in [-0.05, 0) is 73.7 Å². The summed E-state index contributed by atoms with van der Waals surface area (Å²) in [6.45, 7) is 2.48. The highest BCUT2D eigenvalue weighted by molar-refractivity contribution is 5.86. The van der Waals surface area contributed by atoms with Gasteiger partial charge in [-0.3, -0.25) is 4.79 Å². The molecule has 0 amide bonds. The predicted octanol–water partition coefficient (Wildman–Crippen LogP) is -0.0561. The quantitative estimate of drug-likeness (QED) is 0.289. The number of fused-ring (bicyclic) bond motifs is 5. The van der Waals surface area contributed by atoms with E-state index < -0.39 is 67.0 Å². The predicted molar refractivity (Wildman–Crippen MR) is 132 cm³/mol. The Morgan fingerprint density at radius 2 is 1.85 bits per heavy atom. The van der Waals surface area contributed by atoms with E-state index in [2.05, 4.69) is 6.92 Å². The number of carbonyl (C=O) groups excluding carboxylic acids is 2. The fourth-order valence-electron chi connectivity index (χ4n) is 9.68. The Bertz CT molecular complexity index is 1040. The minimum Gasteiger partial charge on any atom is -0.459 e. The Hall–Kier alpha value is -1.60. The molecule has 4 aliphatic carbocycles. The van der Waals surface area contributed by atoms with E-state index in [9.17, 15) is 35.1 Å². The molecule has 5 N–H and O–H groups in total. The number of rotatable bonds is 5. The molecule has 13 unspecified atom stereocenters. The van der Waals surface area contributed by atoms with Crippen molar-refractivity contribution in [2.24, 2.45) is 28.6 Å². The van der Waals surface area contributed by atoms with Crippen molar-refractivity contribution in [1.29, 1.82) is 0 Å². The summed E-state index contributed by atoms with van der Waals surface area (Å²) in [5, 5.41) is 52.0. The Kier molecular flexibility index (Phi) is 6.69. The highest BCUT2D eigenvalue weighted by Gasteiger charge is 2.74. The van der Waals surface area contributed by atoms with Gasteiger partial charge in [0.25, 0.3) is 0 Å². The molecule has 0 aromatic rings. The summed E-state index contributed by atoms with van der Waals surface area (Å²) in [7, 11) is 0. The first kappa shape index (κ1) is 27.6. The van der Waals surface area contributed by atoms with Crippen LogP contribution in [0.4, 0.5) is 0 Å². The smallest absolute Gasteiger partial charge is 0.331 e. The summed E-state index contributed by atoms with van der Waals surface area (Å²) in [5.74, 6) is -0.724. The summed E-state index contributed by atoms with van der Waals surface area (Å²) in [6, 6.07) is 0. The minimum absolute atomic E-state index is 0.119. The minimum atomic E-state index is -1.65. The second-order valence-corrected chi connectivity index (χ2v) is 12.9. The average Bonchev–Trinajstić information content (AvgIpc) is 3.37. The van der Waals surface area contributed by atoms with Crippen LogP contribution in [0.2, 0.25) is 0 Å². The molecule has 1 spiro atoms. The molecule has 1 saturated heterocycles. The van der Waals surface area contributed by atoms with Crippen molar-refractivity contribution < 1.29 is 54.1 Å². The lowest BCUT2D eigenvalue weighted by molar-refractivity contribution is -0.345. The molecule has 5 fully saturated rings. The van der Waals surface area contributed by atoms with Gasteiger partial charge in [0.15, 0.2) is 6.29 Å². The summed E-state index contributed by atoms with van der Waals surface area (Å²) in [6.07, 6.45) is -1.58. The van der Waals surface area contributed by atoms with E-state index in [1.54, 1.807) is 6.08 Å². The third-order valence-electron chi connectivity index (χ3n) is 11.2. The third-order valence-corrected chi connectivity index (χ3v) is 11.2. The van der Waals surface area contributed by atoms with Crippen molar-refractivity contribution in [2.75, 3.05) is 13.2 Å². The van der Waals surface area contributed by atoms with Crippen LogP contribution in [0.15, 0.2) is 11.6 Å². The number of carbonyl (C=O) groups is 2. The van der Waals surface area contributed by atoms with E-state index in [1.165, 1.54) is 6.92 Å². The first-order valence-corrected chi connectivity index (χ1v) is 14.2. The van der Waals surface area contributed by atoms with Gasteiger partial charge >= 0.3 is 11.9 Å². The molecule has 0 aromatic heterocycles. The highest BCUT2D eigenvalue weighted by Crippen LogP contribution is 2.73. The van der Waals surface area contributed by atoms with Crippen LogP contribution in [-0.4, -0.2) is 99.2 Å². The van der Waals surface area contributed by atoms with Crippen LogP contribution in [0.5, 0.6) is 0 Å². The zero-order valence-corrected chi connectivity index (χ0v) is 22.4. The molecule has 39 heavy (non-hydrogen) atoms. The van der Waals surface area contributed by atoms with Crippen LogP contribution in [0.25, 0.3) is 0 Å². The van der Waals surface area contributed by atoms with Crippen molar-refractivity contribution in [1.82, 2.24) is 0 Å². The van der Waals surface area contributed by atoms with Gasteiger partial charge in [0.2, 0.25) is 0 Å². The van der Waals surface area contributed by atoms with Crippen LogP contribution in [0, 0.1) is 28.6 Å². The van der Waals surface area contributed by atoms with Crippen LogP contribution in [-0.2, 0) is 28.5 Å². The van der Waals surface area contributed by atoms with Gasteiger partial charge in [-0.1, -0.05) is 6.92 Å². The van der Waals surface area contributed by atoms with Crippen LogP contribution >= 0.6 is 0 Å². The summed E-state index contributed by atoms with van der Waals surface area (Å²) in [5.41, 5.74) is -1.03. The van der Waals surface area contributed by atoms with Crippen molar-refractivity contribution >= 4 is 11.9 Å². The second-order valence-electron chi connectivity index (χ2n) is 12.9. The lowest BCUT2D eigenvalue weighted by Gasteiger charge is -2.61. The third kappa shape index (κ3) is 3.80. The van der Waals surface area contributed by atoms with Gasteiger partial charge in [-0.15, -0.1) is 0 Å². The molecule has 2 heterocycles. The fraction of sp³-hybridized carbons (Fsp3) is 0.857. The fourth-order valence-corrected chi connectivity index (χ4v) is 9.68.